The van der Waals surface area contributed by atoms with E-state index in [1.807, 2.05) is 0 Å². The topological polar surface area (TPSA) is 0 Å². The molecule has 2 aromatic rings. The first kappa shape index (κ1) is 8.50. The van der Waals surface area contributed by atoms with Gasteiger partial charge in [0.05, 0.1) is 4.70 Å². The Morgan fingerprint density at radius 2 is 1.54 bits per heavy atom. The second-order valence-electron chi connectivity index (χ2n) is 2.34. The van der Waals surface area contributed by atoms with Gasteiger partial charge >= 0.3 is 0 Å². The van der Waals surface area contributed by atoms with E-state index in [1.165, 1.54) is 5.38 Å². The molecule has 0 unspecified atom stereocenters. The van der Waals surface area contributed by atoms with Crippen LogP contribution >= 0.6 is 11.3 Å². The van der Waals surface area contributed by atoms with Crippen molar-refractivity contribution in [2.45, 2.75) is 0 Å². The normalized spacial score (nSPS) is 11.1. The Morgan fingerprint density at radius 1 is 0.923 bits per heavy atom. The SMILES string of the molecule is Fc1c(F)c(F)c2sc[c]c2c1F. The maximum atomic E-state index is 12.9. The number of halogens is 4. The van der Waals surface area contributed by atoms with Gasteiger partial charge in [-0.25, -0.2) is 17.6 Å². The van der Waals surface area contributed by atoms with Crippen LogP contribution in [-0.4, -0.2) is 0 Å². The molecule has 0 fully saturated rings. The first-order valence-corrected chi connectivity index (χ1v) is 4.11. The fourth-order valence-electron chi connectivity index (χ4n) is 0.998. The van der Waals surface area contributed by atoms with Crippen molar-refractivity contribution < 1.29 is 17.6 Å². The van der Waals surface area contributed by atoms with E-state index in [9.17, 15) is 17.6 Å². The minimum atomic E-state index is -1.79. The molecule has 0 aliphatic carbocycles. The molecule has 1 aromatic carbocycles. The molecule has 2 rings (SSSR count). The van der Waals surface area contributed by atoms with Crippen LogP contribution in [-0.2, 0) is 0 Å². The zero-order valence-electron chi connectivity index (χ0n) is 6.00. The van der Waals surface area contributed by atoms with Gasteiger partial charge in [-0.1, -0.05) is 0 Å². The smallest absolute Gasteiger partial charge is 0.198 e. The second-order valence-corrected chi connectivity index (χ2v) is 3.22. The van der Waals surface area contributed by atoms with Gasteiger partial charge in [0.15, 0.2) is 23.3 Å². The highest BCUT2D eigenvalue weighted by Crippen LogP contribution is 2.29. The van der Waals surface area contributed by atoms with E-state index >= 15 is 0 Å². The Bertz CT molecular complexity index is 432. The van der Waals surface area contributed by atoms with E-state index in [0.717, 1.165) is 11.3 Å². The maximum Gasteiger partial charge on any atom is 0.198 e. The van der Waals surface area contributed by atoms with Gasteiger partial charge in [-0.15, -0.1) is 11.3 Å². The van der Waals surface area contributed by atoms with E-state index in [1.54, 1.807) is 0 Å². The molecule has 5 heteroatoms. The van der Waals surface area contributed by atoms with Gasteiger partial charge in [0.1, 0.15) is 0 Å². The average Bonchev–Trinajstić information content (AvgIpc) is 2.59. The van der Waals surface area contributed by atoms with Gasteiger partial charge in [-0.05, 0) is 0 Å². The average molecular weight is 205 g/mol. The lowest BCUT2D eigenvalue weighted by molar-refractivity contribution is 0.418. The summed E-state index contributed by atoms with van der Waals surface area (Å²) < 4.78 is 50.7. The van der Waals surface area contributed by atoms with Crippen molar-refractivity contribution in [2.75, 3.05) is 0 Å². The summed E-state index contributed by atoms with van der Waals surface area (Å²) in [4.78, 5) is 0. The van der Waals surface area contributed by atoms with E-state index in [0.29, 0.717) is 0 Å². The predicted octanol–water partition coefficient (Wildman–Crippen LogP) is 3.26. The number of rotatable bonds is 0. The van der Waals surface area contributed by atoms with Crippen molar-refractivity contribution in [3.8, 4) is 0 Å². The number of hydrogen-bond acceptors (Lipinski definition) is 1. The molecular weight excluding hydrogens is 204 g/mol. The van der Waals surface area contributed by atoms with Crippen LogP contribution in [0.15, 0.2) is 5.38 Å². The fraction of sp³-hybridized carbons (Fsp3) is 0. The summed E-state index contributed by atoms with van der Waals surface area (Å²) in [6.07, 6.45) is 0. The van der Waals surface area contributed by atoms with E-state index in [4.69, 9.17) is 0 Å². The molecule has 0 atom stereocenters. The molecule has 0 saturated carbocycles. The van der Waals surface area contributed by atoms with Crippen LogP contribution in [0.25, 0.3) is 10.1 Å². The van der Waals surface area contributed by atoms with E-state index in [2.05, 4.69) is 6.07 Å². The Balaban J connectivity index is 3.02. The van der Waals surface area contributed by atoms with Crippen LogP contribution in [0.1, 0.15) is 0 Å². The highest BCUT2D eigenvalue weighted by molar-refractivity contribution is 7.17. The molecule has 0 amide bonds. The van der Waals surface area contributed by atoms with Crippen molar-refractivity contribution in [3.63, 3.8) is 0 Å². The number of benzene rings is 1. The minimum Gasteiger partial charge on any atom is -0.203 e. The van der Waals surface area contributed by atoms with Crippen LogP contribution in [0.3, 0.4) is 0 Å². The summed E-state index contributed by atoms with van der Waals surface area (Å²) in [5, 5.41) is 0.900. The first-order chi connectivity index (χ1) is 6.13. The Hall–Kier alpha value is -1.10. The molecule has 1 heterocycles. The van der Waals surface area contributed by atoms with Gasteiger partial charge in [0.25, 0.3) is 0 Å². The highest BCUT2D eigenvalue weighted by atomic mass is 32.1. The quantitative estimate of drug-likeness (QED) is 0.352. The molecule has 0 nitrogen and oxygen atoms in total. The van der Waals surface area contributed by atoms with Crippen LogP contribution < -0.4 is 0 Å². The number of thiophene rings is 1. The predicted molar refractivity (Wildman–Crippen MR) is 40.5 cm³/mol. The lowest BCUT2D eigenvalue weighted by atomic mass is 10.2. The Labute approximate surface area is 74.4 Å². The largest absolute Gasteiger partial charge is 0.203 e. The van der Waals surface area contributed by atoms with Gasteiger partial charge in [0.2, 0.25) is 0 Å². The number of fused-ring (bicyclic) bond motifs is 1. The summed E-state index contributed by atoms with van der Waals surface area (Å²) in [6, 6.07) is 2.29. The monoisotopic (exact) mass is 205 g/mol. The van der Waals surface area contributed by atoms with Crippen molar-refractivity contribution in [3.05, 3.63) is 34.7 Å². The molecule has 1 radical (unpaired) electrons. The molecule has 0 aliphatic rings. The first-order valence-electron chi connectivity index (χ1n) is 3.23. The molecule has 0 N–H and O–H groups in total. The highest BCUT2D eigenvalue weighted by Gasteiger charge is 2.20. The van der Waals surface area contributed by atoms with Crippen LogP contribution in [0.4, 0.5) is 17.6 Å². The van der Waals surface area contributed by atoms with E-state index < -0.39 is 23.3 Å². The number of hydrogen-bond donors (Lipinski definition) is 0. The molecule has 1 aromatic heterocycles. The van der Waals surface area contributed by atoms with Gasteiger partial charge < -0.3 is 0 Å². The van der Waals surface area contributed by atoms with Crippen LogP contribution in [0, 0.1) is 29.3 Å². The lowest BCUT2D eigenvalue weighted by Gasteiger charge is -1.98. The van der Waals surface area contributed by atoms with Crippen molar-refractivity contribution in [1.29, 1.82) is 0 Å². The molecule has 13 heavy (non-hydrogen) atoms. The zero-order valence-corrected chi connectivity index (χ0v) is 6.81. The molecule has 0 aliphatic heterocycles. The molecule has 0 bridgehead atoms. The minimum absolute atomic E-state index is 0.253. The van der Waals surface area contributed by atoms with Gasteiger partial charge in [-0.2, -0.15) is 0 Å². The third-order valence-electron chi connectivity index (χ3n) is 1.60. The van der Waals surface area contributed by atoms with Crippen molar-refractivity contribution >= 4 is 21.4 Å². The van der Waals surface area contributed by atoms with Crippen LogP contribution in [0.2, 0.25) is 0 Å². The summed E-state index contributed by atoms with van der Waals surface area (Å²) in [5.74, 6) is -6.32. The summed E-state index contributed by atoms with van der Waals surface area (Å²) in [5.41, 5.74) is 0. The lowest BCUT2D eigenvalue weighted by Crippen LogP contribution is -1.95. The second kappa shape index (κ2) is 2.70. The summed E-state index contributed by atoms with van der Waals surface area (Å²) >= 11 is 0.774. The summed E-state index contributed by atoms with van der Waals surface area (Å²) in [6.45, 7) is 0. The van der Waals surface area contributed by atoms with Gasteiger partial charge in [0, 0.05) is 16.8 Å². The van der Waals surface area contributed by atoms with Crippen LogP contribution in [0.5, 0.6) is 0 Å². The third kappa shape index (κ3) is 1.03. The molecule has 67 valence electrons. The standard InChI is InChI=1S/C8HF4S/c9-4-3-1-2-13-8(3)7(12)6(11)5(4)10/h2H. The molecular formula is C8HF4S. The fourth-order valence-corrected chi connectivity index (χ4v) is 1.75. The summed E-state index contributed by atoms with van der Waals surface area (Å²) in [7, 11) is 0. The maximum absolute atomic E-state index is 12.9. The van der Waals surface area contributed by atoms with Crippen molar-refractivity contribution in [2.24, 2.45) is 0 Å². The Kier molecular flexibility index (Phi) is 1.76. The zero-order chi connectivity index (χ0) is 9.59. The Morgan fingerprint density at radius 3 is 2.23 bits per heavy atom. The molecule has 0 spiro atoms. The molecule has 0 saturated heterocycles. The van der Waals surface area contributed by atoms with Crippen molar-refractivity contribution in [1.82, 2.24) is 0 Å². The third-order valence-corrected chi connectivity index (χ3v) is 2.46. The van der Waals surface area contributed by atoms with E-state index in [-0.39, 0.29) is 10.1 Å². The van der Waals surface area contributed by atoms with Gasteiger partial charge in [-0.3, -0.25) is 0 Å².